The second-order valence-electron chi connectivity index (χ2n) is 5.83. The zero-order valence-electron chi connectivity index (χ0n) is 13.5. The van der Waals surface area contributed by atoms with Crippen molar-refractivity contribution in [2.75, 3.05) is 32.7 Å². The Morgan fingerprint density at radius 3 is 2.38 bits per heavy atom. The number of hydrogen-bond donors (Lipinski definition) is 1. The van der Waals surface area contributed by atoms with Gasteiger partial charge in [-0.3, -0.25) is 19.8 Å². The minimum Gasteiger partial charge on any atom is -0.312 e. The number of nitro benzene ring substituents is 1. The van der Waals surface area contributed by atoms with Crippen LogP contribution >= 0.6 is 11.3 Å². The fourth-order valence-corrected chi connectivity index (χ4v) is 3.82. The van der Waals surface area contributed by atoms with Crippen LogP contribution in [0.4, 0.5) is 5.69 Å². The molecule has 1 aromatic heterocycles. The normalized spacial score (nSPS) is 16.4. The summed E-state index contributed by atoms with van der Waals surface area (Å²) in [6, 6.07) is 6.31. The summed E-state index contributed by atoms with van der Waals surface area (Å²) in [5.74, 6) is 0. The number of nitrogens with zero attached hydrogens (tertiary/aromatic N) is 3. The van der Waals surface area contributed by atoms with Crippen molar-refractivity contribution in [2.45, 2.75) is 13.5 Å². The number of rotatable bonds is 5. The number of H-pyrrole nitrogens is 1. The predicted molar refractivity (Wildman–Crippen MR) is 94.4 cm³/mol. The Morgan fingerprint density at radius 1 is 1.17 bits per heavy atom. The number of thiazole rings is 1. The van der Waals surface area contributed by atoms with Gasteiger partial charge < -0.3 is 9.88 Å². The van der Waals surface area contributed by atoms with Gasteiger partial charge >= 0.3 is 4.87 Å². The Balaban J connectivity index is 1.78. The number of non-ortho nitro benzene ring substituents is 1. The highest BCUT2D eigenvalue weighted by atomic mass is 32.1. The minimum absolute atomic E-state index is 0.0496. The molecule has 0 radical (unpaired) electrons. The van der Waals surface area contributed by atoms with E-state index in [1.54, 1.807) is 12.1 Å². The fourth-order valence-electron chi connectivity index (χ4n) is 2.92. The summed E-state index contributed by atoms with van der Waals surface area (Å²) >= 11 is 1.22. The highest BCUT2D eigenvalue weighted by Crippen LogP contribution is 2.26. The molecular weight excluding hydrogens is 328 g/mol. The lowest BCUT2D eigenvalue weighted by Gasteiger charge is -2.33. The van der Waals surface area contributed by atoms with Crippen LogP contribution in [0.3, 0.4) is 0 Å². The van der Waals surface area contributed by atoms with Crippen LogP contribution in [0.2, 0.25) is 0 Å². The molecule has 0 spiro atoms. The largest absolute Gasteiger partial charge is 0.312 e. The molecule has 0 atom stereocenters. The number of hydrogen-bond acceptors (Lipinski definition) is 6. The van der Waals surface area contributed by atoms with Gasteiger partial charge in [0.15, 0.2) is 0 Å². The van der Waals surface area contributed by atoms with Gasteiger partial charge in [0.25, 0.3) is 5.69 Å². The molecule has 2 heterocycles. The van der Waals surface area contributed by atoms with E-state index in [4.69, 9.17) is 0 Å². The maximum atomic E-state index is 11.8. The topological polar surface area (TPSA) is 82.5 Å². The highest BCUT2D eigenvalue weighted by molar-refractivity contribution is 7.09. The number of nitrogens with one attached hydrogen (secondary N) is 1. The van der Waals surface area contributed by atoms with Crippen molar-refractivity contribution in [1.82, 2.24) is 14.8 Å². The summed E-state index contributed by atoms with van der Waals surface area (Å²) in [5.41, 5.74) is 1.63. The van der Waals surface area contributed by atoms with E-state index in [1.165, 1.54) is 23.5 Å². The van der Waals surface area contributed by atoms with Crippen LogP contribution in [0.1, 0.15) is 11.8 Å². The van der Waals surface area contributed by atoms with E-state index < -0.39 is 4.92 Å². The van der Waals surface area contributed by atoms with Crippen molar-refractivity contribution < 1.29 is 4.92 Å². The van der Waals surface area contributed by atoms with Gasteiger partial charge in [0.05, 0.1) is 10.6 Å². The van der Waals surface area contributed by atoms with E-state index in [0.29, 0.717) is 0 Å². The summed E-state index contributed by atoms with van der Waals surface area (Å²) in [5, 5.41) is 10.8. The van der Waals surface area contributed by atoms with Crippen LogP contribution in [-0.4, -0.2) is 52.4 Å². The van der Waals surface area contributed by atoms with E-state index in [-0.39, 0.29) is 10.6 Å². The minimum atomic E-state index is -0.422. The van der Waals surface area contributed by atoms with Crippen molar-refractivity contribution in [3.8, 4) is 11.3 Å². The molecular formula is C16H20N4O3S. The number of aromatic amines is 1. The molecule has 1 aromatic carbocycles. The molecule has 0 bridgehead atoms. The Hall–Kier alpha value is -2.03. The predicted octanol–water partition coefficient (Wildman–Crippen LogP) is 2.15. The lowest BCUT2D eigenvalue weighted by molar-refractivity contribution is -0.384. The molecule has 2 aromatic rings. The monoisotopic (exact) mass is 348 g/mol. The second kappa shape index (κ2) is 7.25. The zero-order chi connectivity index (χ0) is 17.1. The molecule has 128 valence electrons. The molecule has 1 aliphatic rings. The number of benzene rings is 1. The molecule has 0 saturated carbocycles. The lowest BCUT2D eigenvalue weighted by Crippen LogP contribution is -2.45. The lowest BCUT2D eigenvalue weighted by atomic mass is 10.1. The highest BCUT2D eigenvalue weighted by Gasteiger charge is 2.19. The van der Waals surface area contributed by atoms with Gasteiger partial charge in [-0.1, -0.05) is 18.3 Å². The van der Waals surface area contributed by atoms with E-state index in [1.807, 2.05) is 0 Å². The average Bonchev–Trinajstić information content (AvgIpc) is 2.96. The van der Waals surface area contributed by atoms with Gasteiger partial charge in [0.2, 0.25) is 0 Å². The first kappa shape index (κ1) is 16.8. The summed E-state index contributed by atoms with van der Waals surface area (Å²) in [6.45, 7) is 8.03. The standard InChI is InChI=1S/C16H20N4O3S/c1-2-18-7-9-19(10-8-18)11-14-15(17-16(21)24-14)12-3-5-13(6-4-12)20(22)23/h3-6H,2,7-11H2,1H3,(H,17,21). The number of likely N-dealkylation sites (N-methyl/N-ethyl adjacent to an activating group) is 1. The SMILES string of the molecule is CCN1CCN(Cc2sc(=O)[nH]c2-c2ccc([N+](=O)[O-])cc2)CC1. The molecule has 24 heavy (non-hydrogen) atoms. The van der Waals surface area contributed by atoms with Gasteiger partial charge in [0.1, 0.15) is 0 Å². The fraction of sp³-hybridized carbons (Fsp3) is 0.438. The summed E-state index contributed by atoms with van der Waals surface area (Å²) in [4.78, 5) is 30.7. The third kappa shape index (κ3) is 3.72. The van der Waals surface area contributed by atoms with Crippen LogP contribution in [0, 0.1) is 10.1 Å². The van der Waals surface area contributed by atoms with Crippen LogP contribution in [0.25, 0.3) is 11.3 Å². The smallest absolute Gasteiger partial charge is 0.305 e. The van der Waals surface area contributed by atoms with Crippen molar-refractivity contribution >= 4 is 17.0 Å². The van der Waals surface area contributed by atoms with Crippen molar-refractivity contribution in [3.05, 3.63) is 48.9 Å². The quantitative estimate of drug-likeness (QED) is 0.661. The molecule has 1 fully saturated rings. The average molecular weight is 348 g/mol. The Bertz CT molecular complexity index is 760. The number of aromatic nitrogens is 1. The molecule has 1 aliphatic heterocycles. The second-order valence-corrected chi connectivity index (χ2v) is 6.89. The van der Waals surface area contributed by atoms with Gasteiger partial charge in [-0.15, -0.1) is 0 Å². The van der Waals surface area contributed by atoms with Gasteiger partial charge in [-0.25, -0.2) is 0 Å². The number of nitro groups is 1. The summed E-state index contributed by atoms with van der Waals surface area (Å²) < 4.78 is 0. The first-order valence-electron chi connectivity index (χ1n) is 7.98. The third-order valence-corrected chi connectivity index (χ3v) is 5.24. The maximum absolute atomic E-state index is 11.8. The first-order chi connectivity index (χ1) is 11.6. The van der Waals surface area contributed by atoms with E-state index in [0.717, 1.165) is 55.4 Å². The zero-order valence-corrected chi connectivity index (χ0v) is 14.3. The Kier molecular flexibility index (Phi) is 5.08. The van der Waals surface area contributed by atoms with E-state index in [2.05, 4.69) is 21.7 Å². The Labute approximate surface area is 143 Å². The van der Waals surface area contributed by atoms with Gasteiger partial charge in [-0.2, -0.15) is 0 Å². The molecule has 7 nitrogen and oxygen atoms in total. The molecule has 8 heteroatoms. The molecule has 0 aliphatic carbocycles. The van der Waals surface area contributed by atoms with Gasteiger partial charge in [0, 0.05) is 49.7 Å². The van der Waals surface area contributed by atoms with Crippen molar-refractivity contribution in [3.63, 3.8) is 0 Å². The molecule has 1 N–H and O–H groups in total. The third-order valence-electron chi connectivity index (χ3n) is 4.37. The van der Waals surface area contributed by atoms with Gasteiger partial charge in [-0.05, 0) is 24.2 Å². The van der Waals surface area contributed by atoms with E-state index in [9.17, 15) is 14.9 Å². The molecule has 0 unspecified atom stereocenters. The maximum Gasteiger partial charge on any atom is 0.305 e. The first-order valence-corrected chi connectivity index (χ1v) is 8.80. The van der Waals surface area contributed by atoms with E-state index >= 15 is 0 Å². The Morgan fingerprint density at radius 2 is 1.79 bits per heavy atom. The van der Waals surface area contributed by atoms with Crippen molar-refractivity contribution in [2.24, 2.45) is 0 Å². The van der Waals surface area contributed by atoms with Crippen LogP contribution in [-0.2, 0) is 6.54 Å². The molecule has 1 saturated heterocycles. The number of piperazine rings is 1. The van der Waals surface area contributed by atoms with Crippen LogP contribution in [0.15, 0.2) is 29.1 Å². The molecule has 0 amide bonds. The van der Waals surface area contributed by atoms with Crippen LogP contribution in [0.5, 0.6) is 0 Å². The van der Waals surface area contributed by atoms with Crippen molar-refractivity contribution in [1.29, 1.82) is 0 Å². The summed E-state index contributed by atoms with van der Waals surface area (Å²) in [7, 11) is 0. The molecule has 3 rings (SSSR count). The van der Waals surface area contributed by atoms with Crippen LogP contribution < -0.4 is 4.87 Å². The summed E-state index contributed by atoms with van der Waals surface area (Å²) in [6.07, 6.45) is 0.